The van der Waals surface area contributed by atoms with Crippen LogP contribution in [0.15, 0.2) is 71.3 Å². The minimum Gasteiger partial charge on any atom is -0.454 e. The molecule has 0 saturated heterocycles. The summed E-state index contributed by atoms with van der Waals surface area (Å²) in [4.78, 5) is 4.48. The van der Waals surface area contributed by atoms with Crippen LogP contribution in [0.3, 0.4) is 0 Å². The molecule has 0 aliphatic carbocycles. The molecule has 0 spiro atoms. The highest BCUT2D eigenvalue weighted by Gasteiger charge is 2.10. The van der Waals surface area contributed by atoms with Crippen molar-refractivity contribution in [1.82, 2.24) is 15.2 Å². The molecule has 0 aliphatic heterocycles. The molecule has 0 aliphatic rings. The summed E-state index contributed by atoms with van der Waals surface area (Å²) in [6.45, 7) is 0. The van der Waals surface area contributed by atoms with E-state index < -0.39 is 0 Å². The lowest BCUT2D eigenvalue weighted by Gasteiger charge is -2.01. The van der Waals surface area contributed by atoms with Gasteiger partial charge in [0.15, 0.2) is 5.58 Å². The topological polar surface area (TPSA) is 51.8 Å². The molecule has 0 radical (unpaired) electrons. The van der Waals surface area contributed by atoms with Gasteiger partial charge in [-0.2, -0.15) is 0 Å². The fourth-order valence-electron chi connectivity index (χ4n) is 2.88. The third kappa shape index (κ3) is 1.89. The zero-order chi connectivity index (χ0) is 15.2. The Morgan fingerprint density at radius 1 is 0.696 bits per heavy atom. The van der Waals surface area contributed by atoms with Crippen LogP contribution in [0.2, 0.25) is 0 Å². The molecule has 108 valence electrons. The summed E-state index contributed by atoms with van der Waals surface area (Å²) in [5, 5.41) is 11.8. The fourth-order valence-corrected chi connectivity index (χ4v) is 2.88. The van der Waals surface area contributed by atoms with Gasteiger partial charge in [0.1, 0.15) is 11.3 Å². The van der Waals surface area contributed by atoms with Gasteiger partial charge < -0.3 is 4.42 Å². The van der Waals surface area contributed by atoms with Crippen LogP contribution in [-0.4, -0.2) is 15.2 Å². The average molecular weight is 297 g/mol. The number of benzene rings is 2. The van der Waals surface area contributed by atoms with Crippen LogP contribution in [0.1, 0.15) is 0 Å². The van der Waals surface area contributed by atoms with E-state index in [0.717, 1.165) is 44.2 Å². The summed E-state index contributed by atoms with van der Waals surface area (Å²) < 4.78 is 5.81. The van der Waals surface area contributed by atoms with Crippen molar-refractivity contribution in [3.8, 4) is 11.4 Å². The molecule has 3 heterocycles. The second-order valence-electron chi connectivity index (χ2n) is 5.45. The van der Waals surface area contributed by atoms with Gasteiger partial charge >= 0.3 is 0 Å². The average Bonchev–Trinajstić information content (AvgIpc) is 2.99. The van der Waals surface area contributed by atoms with E-state index in [0.29, 0.717) is 0 Å². The highest BCUT2D eigenvalue weighted by atomic mass is 16.3. The van der Waals surface area contributed by atoms with Gasteiger partial charge in [-0.3, -0.25) is 4.98 Å². The van der Waals surface area contributed by atoms with Gasteiger partial charge in [0, 0.05) is 16.2 Å². The van der Waals surface area contributed by atoms with Gasteiger partial charge in [-0.25, -0.2) is 0 Å². The lowest BCUT2D eigenvalue weighted by molar-refractivity contribution is 0.667. The summed E-state index contributed by atoms with van der Waals surface area (Å²) in [6.07, 6.45) is 1.75. The Labute approximate surface area is 131 Å². The molecule has 0 bridgehead atoms. The maximum atomic E-state index is 5.81. The van der Waals surface area contributed by atoms with E-state index in [1.54, 1.807) is 6.20 Å². The summed E-state index contributed by atoms with van der Waals surface area (Å²) >= 11 is 0. The molecule has 5 aromatic rings. The second kappa shape index (κ2) is 4.61. The van der Waals surface area contributed by atoms with E-state index in [4.69, 9.17) is 4.42 Å². The first-order valence-electron chi connectivity index (χ1n) is 7.39. The molecule has 2 aromatic carbocycles. The predicted octanol–water partition coefficient (Wildman–Crippen LogP) is 4.59. The third-order valence-electron chi connectivity index (χ3n) is 4.02. The zero-order valence-electron chi connectivity index (χ0n) is 12.1. The Balaban J connectivity index is 1.76. The van der Waals surface area contributed by atoms with Crippen molar-refractivity contribution in [1.29, 1.82) is 0 Å². The minimum absolute atomic E-state index is 0.760. The molecule has 4 heteroatoms. The fraction of sp³-hybridized carbons (Fsp3) is 0. The van der Waals surface area contributed by atoms with E-state index in [-0.39, 0.29) is 0 Å². The van der Waals surface area contributed by atoms with Gasteiger partial charge in [0.05, 0.1) is 17.4 Å². The van der Waals surface area contributed by atoms with Crippen LogP contribution in [0.25, 0.3) is 44.2 Å². The molecule has 23 heavy (non-hydrogen) atoms. The van der Waals surface area contributed by atoms with Crippen LogP contribution < -0.4 is 0 Å². The van der Waals surface area contributed by atoms with Crippen molar-refractivity contribution in [3.63, 3.8) is 0 Å². The Bertz CT molecular complexity index is 1180. The molecular weight excluding hydrogens is 286 g/mol. The third-order valence-corrected chi connectivity index (χ3v) is 4.02. The molecular formula is C19H11N3O. The summed E-state index contributed by atoms with van der Waals surface area (Å²) in [6, 6.07) is 19.9. The quantitative estimate of drug-likeness (QED) is 0.454. The number of nitrogens with zero attached hydrogens (tertiary/aromatic N) is 3. The van der Waals surface area contributed by atoms with Gasteiger partial charge in [-0.05, 0) is 24.3 Å². The molecule has 4 nitrogen and oxygen atoms in total. The Kier molecular flexibility index (Phi) is 2.46. The number of hydrogen-bond donors (Lipinski definition) is 0. The van der Waals surface area contributed by atoms with Crippen LogP contribution in [-0.2, 0) is 0 Å². The first-order valence-corrected chi connectivity index (χ1v) is 7.39. The van der Waals surface area contributed by atoms with Gasteiger partial charge in [-0.1, -0.05) is 36.4 Å². The van der Waals surface area contributed by atoms with Crippen LogP contribution >= 0.6 is 0 Å². The lowest BCUT2D eigenvalue weighted by Crippen LogP contribution is -1.91. The van der Waals surface area contributed by atoms with E-state index in [2.05, 4.69) is 21.2 Å². The van der Waals surface area contributed by atoms with Crippen LogP contribution in [0.4, 0.5) is 0 Å². The van der Waals surface area contributed by atoms with Crippen molar-refractivity contribution in [2.24, 2.45) is 0 Å². The maximum Gasteiger partial charge on any atom is 0.153 e. The van der Waals surface area contributed by atoms with Crippen molar-refractivity contribution in [2.75, 3.05) is 0 Å². The number of hydrogen-bond acceptors (Lipinski definition) is 4. The van der Waals surface area contributed by atoms with Crippen molar-refractivity contribution < 1.29 is 4.42 Å². The maximum absolute atomic E-state index is 5.81. The zero-order valence-corrected chi connectivity index (χ0v) is 12.1. The summed E-state index contributed by atoms with van der Waals surface area (Å²) in [5.74, 6) is 0. The standard InChI is InChI=1S/C19H11N3O/c1-3-7-15-12(5-1)9-17(22-21-15)16-10-14-13-6-2-4-8-18(13)23-19(14)11-20-16/h1-11H. The Morgan fingerprint density at radius 3 is 2.57 bits per heavy atom. The highest BCUT2D eigenvalue weighted by molar-refractivity contribution is 6.05. The molecule has 0 N–H and O–H groups in total. The monoisotopic (exact) mass is 297 g/mol. The number of aromatic nitrogens is 3. The summed E-state index contributed by atoms with van der Waals surface area (Å²) in [7, 11) is 0. The van der Waals surface area contributed by atoms with Crippen LogP contribution in [0.5, 0.6) is 0 Å². The minimum atomic E-state index is 0.760. The second-order valence-corrected chi connectivity index (χ2v) is 5.45. The van der Waals surface area contributed by atoms with Gasteiger partial charge in [-0.15, -0.1) is 10.2 Å². The Hall–Kier alpha value is -3.27. The number of para-hydroxylation sites is 1. The van der Waals surface area contributed by atoms with Crippen LogP contribution in [0, 0.1) is 0 Å². The molecule has 0 amide bonds. The molecule has 0 atom stereocenters. The van der Waals surface area contributed by atoms with Gasteiger partial charge in [0.25, 0.3) is 0 Å². The smallest absolute Gasteiger partial charge is 0.153 e. The summed E-state index contributed by atoms with van der Waals surface area (Å²) in [5.41, 5.74) is 4.08. The molecule has 0 unspecified atom stereocenters. The number of pyridine rings is 1. The van der Waals surface area contributed by atoms with Crippen molar-refractivity contribution in [2.45, 2.75) is 0 Å². The van der Waals surface area contributed by atoms with E-state index in [1.165, 1.54) is 0 Å². The largest absolute Gasteiger partial charge is 0.454 e. The first kappa shape index (κ1) is 12.3. The molecule has 0 saturated carbocycles. The molecule has 3 aromatic heterocycles. The molecule has 5 rings (SSSR count). The van der Waals surface area contributed by atoms with E-state index >= 15 is 0 Å². The van der Waals surface area contributed by atoms with E-state index in [9.17, 15) is 0 Å². The lowest BCUT2D eigenvalue weighted by atomic mass is 10.1. The number of fused-ring (bicyclic) bond motifs is 4. The number of rotatable bonds is 1. The van der Waals surface area contributed by atoms with E-state index in [1.807, 2.05) is 54.6 Å². The van der Waals surface area contributed by atoms with Crippen molar-refractivity contribution in [3.05, 3.63) is 66.9 Å². The highest BCUT2D eigenvalue weighted by Crippen LogP contribution is 2.30. The molecule has 0 fully saturated rings. The SMILES string of the molecule is c1ccc2nnc(-c3cc4c(cn3)oc3ccccc34)cc2c1. The van der Waals surface area contributed by atoms with Gasteiger partial charge in [0.2, 0.25) is 0 Å². The van der Waals surface area contributed by atoms with Crippen molar-refractivity contribution >= 4 is 32.8 Å². The Morgan fingerprint density at radius 2 is 1.57 bits per heavy atom. The number of furan rings is 1. The predicted molar refractivity (Wildman–Crippen MR) is 90.0 cm³/mol. The first-order chi connectivity index (χ1) is 11.4. The normalized spacial score (nSPS) is 11.5.